The molecule has 0 spiro atoms. The van der Waals surface area contributed by atoms with Crippen LogP contribution in [0.25, 0.3) is 11.4 Å². The van der Waals surface area contributed by atoms with Crippen LogP contribution < -0.4 is 5.73 Å². The summed E-state index contributed by atoms with van der Waals surface area (Å²) in [5.41, 5.74) is 7.26. The molecule has 29 heavy (non-hydrogen) atoms. The summed E-state index contributed by atoms with van der Waals surface area (Å²) in [6.45, 7) is 0.475. The molecule has 0 saturated carbocycles. The minimum atomic E-state index is -1.65. The minimum absolute atomic E-state index is 0.283. The number of likely N-dealkylation sites (N-methyl/N-ethyl adjacent to an activating group) is 1. The van der Waals surface area contributed by atoms with Crippen LogP contribution in [0.3, 0.4) is 0 Å². The van der Waals surface area contributed by atoms with Crippen molar-refractivity contribution in [2.24, 2.45) is 5.73 Å². The zero-order chi connectivity index (χ0) is 20.6. The van der Waals surface area contributed by atoms with Gasteiger partial charge in [-0.25, -0.2) is 9.97 Å². The summed E-state index contributed by atoms with van der Waals surface area (Å²) in [4.78, 5) is 34.6. The van der Waals surface area contributed by atoms with E-state index >= 15 is 0 Å². The van der Waals surface area contributed by atoms with Crippen LogP contribution in [0.2, 0.25) is 0 Å². The van der Waals surface area contributed by atoms with Crippen LogP contribution in [0.5, 0.6) is 0 Å². The molecule has 1 aromatic carbocycles. The number of likely N-dealkylation sites (tertiary alicyclic amines) is 1. The van der Waals surface area contributed by atoms with Crippen molar-refractivity contribution in [1.29, 1.82) is 0 Å². The van der Waals surface area contributed by atoms with Crippen LogP contribution in [0.4, 0.5) is 0 Å². The second-order valence-electron chi connectivity index (χ2n) is 7.56. The number of primary amides is 1. The Kier molecular flexibility index (Phi) is 4.81. The summed E-state index contributed by atoms with van der Waals surface area (Å²) >= 11 is 0. The molecule has 0 radical (unpaired) electrons. The molecule has 4 rings (SSSR count). The number of rotatable bonds is 2. The van der Waals surface area contributed by atoms with E-state index in [9.17, 15) is 14.7 Å². The third-order valence-electron chi connectivity index (χ3n) is 5.46. The fourth-order valence-corrected chi connectivity index (χ4v) is 3.81. The van der Waals surface area contributed by atoms with Crippen LogP contribution >= 0.6 is 0 Å². The van der Waals surface area contributed by atoms with E-state index in [-0.39, 0.29) is 18.0 Å². The molecule has 2 heterocycles. The summed E-state index contributed by atoms with van der Waals surface area (Å²) in [5.74, 6) is 5.10. The van der Waals surface area contributed by atoms with Crippen LogP contribution in [0.15, 0.2) is 24.3 Å². The van der Waals surface area contributed by atoms with Crippen LogP contribution in [-0.4, -0.2) is 51.0 Å². The number of carbonyl (C=O) groups is 2. The maximum absolute atomic E-state index is 12.1. The average Bonchev–Trinajstić information content (AvgIpc) is 2.99. The van der Waals surface area contributed by atoms with Gasteiger partial charge in [-0.1, -0.05) is 24.0 Å². The zero-order valence-electron chi connectivity index (χ0n) is 16.2. The first-order chi connectivity index (χ1) is 13.9. The predicted octanol–water partition coefficient (Wildman–Crippen LogP) is 1.07. The number of benzene rings is 1. The van der Waals surface area contributed by atoms with Gasteiger partial charge >= 0.3 is 0 Å². The topological polar surface area (TPSA) is 109 Å². The Morgan fingerprint density at radius 1 is 1.28 bits per heavy atom. The van der Waals surface area contributed by atoms with Gasteiger partial charge in [-0.3, -0.25) is 9.59 Å². The smallest absolute Gasteiger partial charge is 0.267 e. The number of amides is 2. The van der Waals surface area contributed by atoms with Crippen LogP contribution in [-0.2, 0) is 17.6 Å². The molecule has 1 atom stereocenters. The minimum Gasteiger partial charge on any atom is -0.369 e. The van der Waals surface area contributed by atoms with Gasteiger partial charge in [0.15, 0.2) is 5.82 Å². The Morgan fingerprint density at radius 2 is 2.07 bits per heavy atom. The molecule has 1 aromatic heterocycles. The van der Waals surface area contributed by atoms with E-state index in [0.29, 0.717) is 23.5 Å². The van der Waals surface area contributed by atoms with Crippen molar-refractivity contribution in [2.45, 2.75) is 37.7 Å². The van der Waals surface area contributed by atoms with Gasteiger partial charge in [0.1, 0.15) is 5.69 Å². The number of fused-ring (bicyclic) bond motifs is 1. The van der Waals surface area contributed by atoms with Crippen molar-refractivity contribution < 1.29 is 14.7 Å². The molecule has 1 aliphatic heterocycles. The Bertz CT molecular complexity index is 1070. The Morgan fingerprint density at radius 3 is 2.79 bits per heavy atom. The highest BCUT2D eigenvalue weighted by molar-refractivity contribution is 5.93. The largest absolute Gasteiger partial charge is 0.369 e. The van der Waals surface area contributed by atoms with Crippen LogP contribution in [0.1, 0.15) is 46.6 Å². The molecule has 1 saturated heterocycles. The highest BCUT2D eigenvalue weighted by atomic mass is 16.3. The summed E-state index contributed by atoms with van der Waals surface area (Å²) in [5, 5.41) is 10.5. The van der Waals surface area contributed by atoms with Gasteiger partial charge in [0.2, 0.25) is 5.60 Å². The molecular weight excluding hydrogens is 368 g/mol. The maximum atomic E-state index is 12.1. The van der Waals surface area contributed by atoms with Crippen molar-refractivity contribution >= 4 is 11.8 Å². The first kappa shape index (κ1) is 19.1. The maximum Gasteiger partial charge on any atom is 0.267 e. The normalized spacial score (nSPS) is 20.8. The lowest BCUT2D eigenvalue weighted by atomic mass is 9.94. The first-order valence-electron chi connectivity index (χ1n) is 9.68. The molecule has 1 fully saturated rings. The summed E-state index contributed by atoms with van der Waals surface area (Å²) in [6, 6.07) is 7.22. The number of nitrogens with zero attached hydrogens (tertiary/aromatic N) is 3. The van der Waals surface area contributed by atoms with E-state index in [1.54, 1.807) is 25.2 Å². The predicted molar refractivity (Wildman–Crippen MR) is 107 cm³/mol. The van der Waals surface area contributed by atoms with Crippen molar-refractivity contribution in [3.63, 3.8) is 0 Å². The van der Waals surface area contributed by atoms with E-state index in [0.717, 1.165) is 36.9 Å². The molecule has 0 bridgehead atoms. The van der Waals surface area contributed by atoms with Crippen molar-refractivity contribution in [3.05, 3.63) is 46.8 Å². The lowest BCUT2D eigenvalue weighted by Gasteiger charge is -2.17. The second kappa shape index (κ2) is 7.30. The fraction of sp³-hybridized carbons (Fsp3) is 0.364. The van der Waals surface area contributed by atoms with Gasteiger partial charge in [0.25, 0.3) is 11.8 Å². The Hall–Kier alpha value is -3.24. The third-order valence-corrected chi connectivity index (χ3v) is 5.46. The number of hydrogen-bond acceptors (Lipinski definition) is 5. The highest BCUT2D eigenvalue weighted by Crippen LogP contribution is 2.26. The van der Waals surface area contributed by atoms with E-state index in [1.165, 1.54) is 4.90 Å². The number of nitrogens with two attached hydrogens (primary N) is 1. The molecule has 7 heteroatoms. The quantitative estimate of drug-likeness (QED) is 0.746. The summed E-state index contributed by atoms with van der Waals surface area (Å²) in [6.07, 6.45) is 3.87. The van der Waals surface area contributed by atoms with Crippen molar-refractivity contribution in [2.75, 3.05) is 13.6 Å². The first-order valence-corrected chi connectivity index (χ1v) is 9.68. The molecule has 2 amide bonds. The molecule has 148 valence electrons. The number of aryl methyl sites for hydroxylation is 1. The fourth-order valence-electron chi connectivity index (χ4n) is 3.81. The second-order valence-corrected chi connectivity index (χ2v) is 7.56. The van der Waals surface area contributed by atoms with Crippen molar-refractivity contribution in [3.8, 4) is 23.2 Å². The number of aromatic nitrogens is 2. The molecule has 2 aromatic rings. The average molecular weight is 390 g/mol. The van der Waals surface area contributed by atoms with E-state index in [2.05, 4.69) is 21.8 Å². The van der Waals surface area contributed by atoms with Gasteiger partial charge in [-0.2, -0.15) is 0 Å². The van der Waals surface area contributed by atoms with Crippen molar-refractivity contribution in [1.82, 2.24) is 14.9 Å². The molecule has 7 nitrogen and oxygen atoms in total. The molecule has 1 unspecified atom stereocenters. The SMILES string of the molecule is CN1CCC(O)(C#Cc2cccc(-c3nc4c(c(C(N)=O)n3)CCCC4)c2)C1=O. The number of aliphatic hydroxyl groups is 1. The molecule has 1 aliphatic carbocycles. The van der Waals surface area contributed by atoms with Gasteiger partial charge in [0.05, 0.1) is 0 Å². The molecule has 2 aliphatic rings. The van der Waals surface area contributed by atoms with E-state index in [4.69, 9.17) is 5.73 Å². The Balaban J connectivity index is 1.70. The van der Waals surface area contributed by atoms with E-state index < -0.39 is 11.5 Å². The summed E-state index contributed by atoms with van der Waals surface area (Å²) in [7, 11) is 1.65. The Labute approximate surface area is 169 Å². The monoisotopic (exact) mass is 390 g/mol. The summed E-state index contributed by atoms with van der Waals surface area (Å²) < 4.78 is 0. The third kappa shape index (κ3) is 3.59. The standard InChI is InChI=1S/C22H22N4O3/c1-26-12-11-22(29,21(26)28)10-9-14-5-4-6-15(13-14)20-24-17-8-3-2-7-16(17)18(25-20)19(23)27/h4-6,13,29H,2-3,7-8,11-12H2,1H3,(H2,23,27). The lowest BCUT2D eigenvalue weighted by Crippen LogP contribution is -2.37. The van der Waals surface area contributed by atoms with Gasteiger partial charge in [0, 0.05) is 42.4 Å². The lowest BCUT2D eigenvalue weighted by molar-refractivity contribution is -0.137. The van der Waals surface area contributed by atoms with Crippen LogP contribution in [0, 0.1) is 11.8 Å². The molecule has 3 N–H and O–H groups in total. The number of carbonyl (C=O) groups excluding carboxylic acids is 2. The molecular formula is C22H22N4O3. The van der Waals surface area contributed by atoms with Gasteiger partial charge < -0.3 is 15.7 Å². The van der Waals surface area contributed by atoms with Gasteiger partial charge in [-0.15, -0.1) is 0 Å². The van der Waals surface area contributed by atoms with Gasteiger partial charge in [-0.05, 0) is 37.8 Å². The number of hydrogen-bond donors (Lipinski definition) is 2. The zero-order valence-corrected chi connectivity index (χ0v) is 16.2. The van der Waals surface area contributed by atoms with E-state index in [1.807, 2.05) is 6.07 Å². The highest BCUT2D eigenvalue weighted by Gasteiger charge is 2.42.